The first-order valence-corrected chi connectivity index (χ1v) is 9.81. The average Bonchev–Trinajstić information content (AvgIpc) is 3.08. The highest BCUT2D eigenvalue weighted by atomic mass is 16.5. The molecule has 4 rings (SSSR count). The highest BCUT2D eigenvalue weighted by molar-refractivity contribution is 5.11. The van der Waals surface area contributed by atoms with Gasteiger partial charge in [0.15, 0.2) is 0 Å². The fourth-order valence-corrected chi connectivity index (χ4v) is 4.66. The molecule has 0 amide bonds. The summed E-state index contributed by atoms with van der Waals surface area (Å²) >= 11 is 0. The molecule has 4 nitrogen and oxygen atoms in total. The Morgan fingerprint density at radius 1 is 1.08 bits per heavy atom. The molecule has 0 aromatic carbocycles. The predicted octanol–water partition coefficient (Wildman–Crippen LogP) is 2.65. The maximum Gasteiger partial charge on any atom is 0.0500 e. The number of hydrogen-bond donors (Lipinski definition) is 0. The monoisotopic (exact) mass is 329 g/mol. The van der Waals surface area contributed by atoms with Gasteiger partial charge in [0, 0.05) is 45.2 Å². The van der Waals surface area contributed by atoms with Gasteiger partial charge in [-0.25, -0.2) is 0 Å². The summed E-state index contributed by atoms with van der Waals surface area (Å²) in [5, 5.41) is 0. The minimum absolute atomic E-state index is 0.838. The summed E-state index contributed by atoms with van der Waals surface area (Å²) in [4.78, 5) is 9.40. The maximum absolute atomic E-state index is 5.98. The van der Waals surface area contributed by atoms with Crippen molar-refractivity contribution in [3.63, 3.8) is 0 Å². The molecule has 132 valence electrons. The van der Waals surface area contributed by atoms with Crippen molar-refractivity contribution in [1.29, 1.82) is 0 Å². The van der Waals surface area contributed by atoms with Crippen LogP contribution in [0.5, 0.6) is 0 Å². The van der Waals surface area contributed by atoms with Gasteiger partial charge in [0.25, 0.3) is 0 Å². The highest BCUT2D eigenvalue weighted by Gasteiger charge is 2.55. The van der Waals surface area contributed by atoms with Crippen LogP contribution in [0.3, 0.4) is 0 Å². The third-order valence-electron chi connectivity index (χ3n) is 6.10. The molecular formula is C20H31N3O. The lowest BCUT2D eigenvalue weighted by Gasteiger charge is -2.26. The number of ether oxygens (including phenoxy) is 1. The molecule has 3 atom stereocenters. The van der Waals surface area contributed by atoms with Crippen LogP contribution in [0.4, 0.5) is 0 Å². The summed E-state index contributed by atoms with van der Waals surface area (Å²) in [7, 11) is 0. The van der Waals surface area contributed by atoms with Gasteiger partial charge in [-0.15, -0.1) is 0 Å². The molecule has 1 aromatic rings. The van der Waals surface area contributed by atoms with Gasteiger partial charge in [-0.2, -0.15) is 0 Å². The second-order valence-electron chi connectivity index (χ2n) is 7.88. The molecule has 1 aliphatic carbocycles. The summed E-state index contributed by atoms with van der Waals surface area (Å²) in [6.07, 6.45) is 9.25. The van der Waals surface area contributed by atoms with Crippen molar-refractivity contribution in [2.24, 2.45) is 17.8 Å². The third kappa shape index (κ3) is 4.16. The molecule has 2 saturated heterocycles. The van der Waals surface area contributed by atoms with Gasteiger partial charge in [0.2, 0.25) is 0 Å². The number of piperidine rings is 2. The van der Waals surface area contributed by atoms with Gasteiger partial charge in [-0.05, 0) is 61.7 Å². The molecule has 0 N–H and O–H groups in total. The van der Waals surface area contributed by atoms with Crippen molar-refractivity contribution in [3.05, 3.63) is 30.1 Å². The van der Waals surface area contributed by atoms with Crippen molar-refractivity contribution in [3.8, 4) is 0 Å². The number of pyridine rings is 1. The summed E-state index contributed by atoms with van der Waals surface area (Å²) in [5.74, 6) is 2.62. The maximum atomic E-state index is 5.98. The fraction of sp³-hybridized carbons (Fsp3) is 0.750. The van der Waals surface area contributed by atoms with E-state index in [0.29, 0.717) is 0 Å². The number of aromatic nitrogens is 1. The van der Waals surface area contributed by atoms with Crippen LogP contribution in [0, 0.1) is 17.8 Å². The lowest BCUT2D eigenvalue weighted by atomic mass is 10.1. The van der Waals surface area contributed by atoms with Crippen LogP contribution in [0.1, 0.15) is 31.2 Å². The highest BCUT2D eigenvalue weighted by Crippen LogP contribution is 2.51. The van der Waals surface area contributed by atoms with Gasteiger partial charge >= 0.3 is 0 Å². The van der Waals surface area contributed by atoms with E-state index >= 15 is 0 Å². The Hall–Kier alpha value is -0.970. The number of likely N-dealkylation sites (tertiary alicyclic amines) is 2. The average molecular weight is 329 g/mol. The molecule has 24 heavy (non-hydrogen) atoms. The van der Waals surface area contributed by atoms with Gasteiger partial charge in [-0.3, -0.25) is 9.88 Å². The van der Waals surface area contributed by atoms with E-state index in [1.54, 1.807) is 0 Å². The summed E-state index contributed by atoms with van der Waals surface area (Å²) in [6.45, 7) is 9.35. The zero-order valence-electron chi connectivity index (χ0n) is 14.8. The van der Waals surface area contributed by atoms with E-state index in [1.807, 2.05) is 18.5 Å². The third-order valence-corrected chi connectivity index (χ3v) is 6.10. The molecule has 3 aliphatic rings. The Kier molecular flexibility index (Phi) is 5.46. The van der Waals surface area contributed by atoms with Crippen molar-refractivity contribution >= 4 is 0 Å². The lowest BCUT2D eigenvalue weighted by Crippen LogP contribution is -2.31. The fourth-order valence-electron chi connectivity index (χ4n) is 4.66. The molecule has 3 fully saturated rings. The zero-order chi connectivity index (χ0) is 16.2. The number of rotatable bonds is 8. The summed E-state index contributed by atoms with van der Waals surface area (Å²) < 4.78 is 5.98. The van der Waals surface area contributed by atoms with Gasteiger partial charge < -0.3 is 9.64 Å². The molecule has 1 saturated carbocycles. The van der Waals surface area contributed by atoms with E-state index in [0.717, 1.165) is 37.5 Å². The predicted molar refractivity (Wildman–Crippen MR) is 95.7 cm³/mol. The molecule has 1 aromatic heterocycles. The Balaban J connectivity index is 1.06. The van der Waals surface area contributed by atoms with Crippen LogP contribution in [0.15, 0.2) is 24.5 Å². The van der Waals surface area contributed by atoms with Crippen LogP contribution in [-0.4, -0.2) is 60.7 Å². The van der Waals surface area contributed by atoms with E-state index < -0.39 is 0 Å². The van der Waals surface area contributed by atoms with E-state index in [4.69, 9.17) is 4.74 Å². The Morgan fingerprint density at radius 2 is 1.92 bits per heavy atom. The Morgan fingerprint density at radius 3 is 2.67 bits per heavy atom. The molecular weight excluding hydrogens is 298 g/mol. The SMILES string of the molecule is c1cncc(CN2C[C@@H]3[C@@H](COCCCN4CCCCC4)[C@@H]3C2)c1. The first-order chi connectivity index (χ1) is 11.9. The van der Waals surface area contributed by atoms with Crippen molar-refractivity contribution in [2.75, 3.05) is 45.9 Å². The molecule has 0 radical (unpaired) electrons. The van der Waals surface area contributed by atoms with E-state index in [9.17, 15) is 0 Å². The van der Waals surface area contributed by atoms with Crippen LogP contribution < -0.4 is 0 Å². The van der Waals surface area contributed by atoms with Gasteiger partial charge in [0.05, 0.1) is 6.61 Å². The van der Waals surface area contributed by atoms with Crippen molar-refractivity contribution in [1.82, 2.24) is 14.8 Å². The summed E-state index contributed by atoms with van der Waals surface area (Å²) in [5.41, 5.74) is 1.34. The molecule has 0 spiro atoms. The van der Waals surface area contributed by atoms with E-state index in [-0.39, 0.29) is 0 Å². The molecule has 0 unspecified atom stereocenters. The second-order valence-corrected chi connectivity index (χ2v) is 7.88. The number of hydrogen-bond acceptors (Lipinski definition) is 4. The first-order valence-electron chi connectivity index (χ1n) is 9.81. The largest absolute Gasteiger partial charge is 0.381 e. The van der Waals surface area contributed by atoms with Crippen LogP contribution in [-0.2, 0) is 11.3 Å². The number of nitrogens with zero attached hydrogens (tertiary/aromatic N) is 3. The molecule has 0 bridgehead atoms. The van der Waals surface area contributed by atoms with E-state index in [2.05, 4.69) is 20.9 Å². The quantitative estimate of drug-likeness (QED) is 0.686. The normalized spacial score (nSPS) is 30.4. The first kappa shape index (κ1) is 16.5. The standard InChI is InChI=1S/C20H31N3O/c1-2-8-22(9-3-1)10-5-11-24-16-20-18-14-23(15-19(18)20)13-17-6-4-7-21-12-17/h4,6-7,12,18-20H,1-3,5,8-11,13-16H2/t18-,19+,20+. The minimum Gasteiger partial charge on any atom is -0.381 e. The van der Waals surface area contributed by atoms with Gasteiger partial charge in [0.1, 0.15) is 0 Å². The topological polar surface area (TPSA) is 28.6 Å². The smallest absolute Gasteiger partial charge is 0.0500 e. The molecule has 4 heteroatoms. The molecule has 3 heterocycles. The lowest BCUT2D eigenvalue weighted by molar-refractivity contribution is 0.0967. The van der Waals surface area contributed by atoms with Crippen molar-refractivity contribution < 1.29 is 4.74 Å². The van der Waals surface area contributed by atoms with Crippen molar-refractivity contribution in [2.45, 2.75) is 32.2 Å². The van der Waals surface area contributed by atoms with Crippen LogP contribution in [0.2, 0.25) is 0 Å². The van der Waals surface area contributed by atoms with Crippen LogP contribution >= 0.6 is 0 Å². The zero-order valence-corrected chi connectivity index (χ0v) is 14.8. The Labute approximate surface area is 146 Å². The van der Waals surface area contributed by atoms with Gasteiger partial charge in [-0.1, -0.05) is 12.5 Å². The molecule has 2 aliphatic heterocycles. The number of fused-ring (bicyclic) bond motifs is 1. The van der Waals surface area contributed by atoms with Crippen LogP contribution in [0.25, 0.3) is 0 Å². The minimum atomic E-state index is 0.838. The Bertz CT molecular complexity index is 491. The second kappa shape index (κ2) is 7.94. The summed E-state index contributed by atoms with van der Waals surface area (Å²) in [6, 6.07) is 4.21. The van der Waals surface area contributed by atoms with E-state index in [1.165, 1.54) is 64.0 Å².